The van der Waals surface area contributed by atoms with Gasteiger partial charge in [-0.1, -0.05) is 6.07 Å². The number of ether oxygens (including phenoxy) is 1. The van der Waals surface area contributed by atoms with E-state index in [4.69, 9.17) is 10.5 Å². The zero-order valence-electron chi connectivity index (χ0n) is 14.9. The normalized spacial score (nSPS) is 16.3. The van der Waals surface area contributed by atoms with Gasteiger partial charge in [-0.3, -0.25) is 0 Å². The standard InChI is InChI=1S/C18H29N3O2/c1-18(2,3)23-17(22)21-10-8-13(9-11-21)14-6-7-16(20(4)5)15(19)12-14/h6-7,12-13H,8-11,19H2,1-5H3. The summed E-state index contributed by atoms with van der Waals surface area (Å²) in [6.45, 7) is 7.15. The molecule has 1 amide bonds. The van der Waals surface area contributed by atoms with Crippen LogP contribution >= 0.6 is 0 Å². The number of piperidine rings is 1. The van der Waals surface area contributed by atoms with Gasteiger partial charge in [0.2, 0.25) is 0 Å². The summed E-state index contributed by atoms with van der Waals surface area (Å²) in [5, 5.41) is 0. The van der Waals surface area contributed by atoms with E-state index in [1.54, 1.807) is 4.90 Å². The van der Waals surface area contributed by atoms with E-state index in [0.717, 1.165) is 37.3 Å². The Kier molecular flexibility index (Phi) is 5.07. The molecule has 0 radical (unpaired) electrons. The Labute approximate surface area is 139 Å². The van der Waals surface area contributed by atoms with Gasteiger partial charge in [-0.05, 0) is 57.2 Å². The van der Waals surface area contributed by atoms with Gasteiger partial charge in [-0.15, -0.1) is 0 Å². The van der Waals surface area contributed by atoms with Gasteiger partial charge in [-0.2, -0.15) is 0 Å². The number of nitrogens with two attached hydrogens (primary N) is 1. The highest BCUT2D eigenvalue weighted by Gasteiger charge is 2.27. The summed E-state index contributed by atoms with van der Waals surface area (Å²) >= 11 is 0. The molecule has 0 atom stereocenters. The van der Waals surface area contributed by atoms with E-state index in [0.29, 0.717) is 5.92 Å². The van der Waals surface area contributed by atoms with Gasteiger partial charge in [0.25, 0.3) is 0 Å². The smallest absolute Gasteiger partial charge is 0.410 e. The average molecular weight is 319 g/mol. The van der Waals surface area contributed by atoms with Crippen LogP contribution in [0.1, 0.15) is 45.1 Å². The van der Waals surface area contributed by atoms with Crippen LogP contribution < -0.4 is 10.6 Å². The van der Waals surface area contributed by atoms with Gasteiger partial charge >= 0.3 is 6.09 Å². The SMILES string of the molecule is CN(C)c1ccc(C2CCN(C(=O)OC(C)(C)C)CC2)cc1N. The Morgan fingerprint density at radius 1 is 1.26 bits per heavy atom. The van der Waals surface area contributed by atoms with E-state index < -0.39 is 5.60 Å². The van der Waals surface area contributed by atoms with Crippen LogP contribution in [0.25, 0.3) is 0 Å². The van der Waals surface area contributed by atoms with Crippen molar-refractivity contribution in [1.82, 2.24) is 4.90 Å². The van der Waals surface area contributed by atoms with Gasteiger partial charge in [0, 0.05) is 27.2 Å². The predicted molar refractivity (Wildman–Crippen MR) is 95.0 cm³/mol. The second kappa shape index (κ2) is 6.69. The quantitative estimate of drug-likeness (QED) is 0.848. The molecule has 2 rings (SSSR count). The van der Waals surface area contributed by atoms with E-state index in [2.05, 4.69) is 18.2 Å². The minimum absolute atomic E-state index is 0.210. The first kappa shape index (κ1) is 17.4. The van der Waals surface area contributed by atoms with Crippen molar-refractivity contribution in [3.8, 4) is 0 Å². The lowest BCUT2D eigenvalue weighted by Crippen LogP contribution is -2.41. The lowest BCUT2D eigenvalue weighted by atomic mass is 9.89. The van der Waals surface area contributed by atoms with Crippen LogP contribution in [0.15, 0.2) is 18.2 Å². The predicted octanol–water partition coefficient (Wildman–Crippen LogP) is 3.45. The molecule has 1 aromatic rings. The molecule has 0 saturated carbocycles. The fraction of sp³-hybridized carbons (Fsp3) is 0.611. The Morgan fingerprint density at radius 2 is 1.87 bits per heavy atom. The summed E-state index contributed by atoms with van der Waals surface area (Å²) < 4.78 is 5.44. The summed E-state index contributed by atoms with van der Waals surface area (Å²) in [4.78, 5) is 15.9. The molecule has 0 unspecified atom stereocenters. The molecule has 1 aromatic carbocycles. The molecule has 1 aliphatic heterocycles. The lowest BCUT2D eigenvalue weighted by molar-refractivity contribution is 0.0205. The summed E-state index contributed by atoms with van der Waals surface area (Å²) in [7, 11) is 3.98. The molecular weight excluding hydrogens is 290 g/mol. The fourth-order valence-corrected chi connectivity index (χ4v) is 2.96. The number of hydrogen-bond acceptors (Lipinski definition) is 4. The van der Waals surface area contributed by atoms with E-state index in [-0.39, 0.29) is 6.09 Å². The number of carbonyl (C=O) groups is 1. The number of nitrogen functional groups attached to an aromatic ring is 1. The highest BCUT2D eigenvalue weighted by atomic mass is 16.6. The molecule has 1 heterocycles. The largest absolute Gasteiger partial charge is 0.444 e. The summed E-state index contributed by atoms with van der Waals surface area (Å²) in [6.07, 6.45) is 1.68. The summed E-state index contributed by atoms with van der Waals surface area (Å²) in [6, 6.07) is 6.30. The zero-order chi connectivity index (χ0) is 17.2. The molecule has 1 aliphatic rings. The molecule has 0 aliphatic carbocycles. The first-order valence-corrected chi connectivity index (χ1v) is 8.22. The highest BCUT2D eigenvalue weighted by molar-refractivity contribution is 5.69. The van der Waals surface area contributed by atoms with Crippen molar-refractivity contribution in [3.05, 3.63) is 23.8 Å². The third kappa shape index (κ3) is 4.53. The third-order valence-electron chi connectivity index (χ3n) is 4.15. The molecule has 1 saturated heterocycles. The molecule has 128 valence electrons. The number of rotatable bonds is 2. The number of amides is 1. The van der Waals surface area contributed by atoms with Crippen molar-refractivity contribution in [2.75, 3.05) is 37.8 Å². The molecule has 0 spiro atoms. The molecule has 5 heteroatoms. The monoisotopic (exact) mass is 319 g/mol. The maximum Gasteiger partial charge on any atom is 0.410 e. The Hall–Kier alpha value is -1.91. The Morgan fingerprint density at radius 3 is 2.35 bits per heavy atom. The summed E-state index contributed by atoms with van der Waals surface area (Å²) in [5.41, 5.74) is 8.82. The number of benzene rings is 1. The van der Waals surface area contributed by atoms with Crippen molar-refractivity contribution < 1.29 is 9.53 Å². The molecule has 0 bridgehead atoms. The maximum atomic E-state index is 12.1. The average Bonchev–Trinajstić information content (AvgIpc) is 2.45. The number of likely N-dealkylation sites (tertiary alicyclic amines) is 1. The van der Waals surface area contributed by atoms with Crippen molar-refractivity contribution in [3.63, 3.8) is 0 Å². The van der Waals surface area contributed by atoms with Crippen LogP contribution in [0.2, 0.25) is 0 Å². The molecule has 0 aromatic heterocycles. The molecule has 5 nitrogen and oxygen atoms in total. The van der Waals surface area contributed by atoms with Crippen molar-refractivity contribution in [2.45, 2.75) is 45.1 Å². The first-order chi connectivity index (χ1) is 10.7. The Balaban J connectivity index is 1.97. The van der Waals surface area contributed by atoms with Crippen LogP contribution in [-0.4, -0.2) is 43.8 Å². The van der Waals surface area contributed by atoms with Gasteiger partial charge in [-0.25, -0.2) is 4.79 Å². The van der Waals surface area contributed by atoms with Crippen LogP contribution in [0, 0.1) is 0 Å². The topological polar surface area (TPSA) is 58.8 Å². The van der Waals surface area contributed by atoms with E-state index in [9.17, 15) is 4.79 Å². The second-order valence-electron chi connectivity index (χ2n) is 7.45. The maximum absolute atomic E-state index is 12.1. The molecule has 2 N–H and O–H groups in total. The molecule has 23 heavy (non-hydrogen) atoms. The van der Waals surface area contributed by atoms with E-state index in [1.165, 1.54) is 5.56 Å². The number of hydrogen-bond donors (Lipinski definition) is 1. The van der Waals surface area contributed by atoms with Gasteiger partial charge in [0.05, 0.1) is 11.4 Å². The Bertz CT molecular complexity index is 556. The van der Waals surface area contributed by atoms with E-state index in [1.807, 2.05) is 39.8 Å². The molecule has 1 fully saturated rings. The highest BCUT2D eigenvalue weighted by Crippen LogP contribution is 2.32. The van der Waals surface area contributed by atoms with Gasteiger partial charge in [0.1, 0.15) is 5.60 Å². The minimum atomic E-state index is -0.440. The van der Waals surface area contributed by atoms with Crippen LogP contribution in [-0.2, 0) is 4.74 Å². The van der Waals surface area contributed by atoms with Gasteiger partial charge < -0.3 is 20.3 Å². The molecular formula is C18H29N3O2. The number of nitrogens with zero attached hydrogens (tertiary/aromatic N) is 2. The third-order valence-corrected chi connectivity index (χ3v) is 4.15. The summed E-state index contributed by atoms with van der Waals surface area (Å²) in [5.74, 6) is 0.451. The van der Waals surface area contributed by atoms with Crippen molar-refractivity contribution >= 4 is 17.5 Å². The van der Waals surface area contributed by atoms with Crippen molar-refractivity contribution in [2.24, 2.45) is 0 Å². The number of carbonyl (C=O) groups excluding carboxylic acids is 1. The minimum Gasteiger partial charge on any atom is -0.444 e. The van der Waals surface area contributed by atoms with Gasteiger partial charge in [0.15, 0.2) is 0 Å². The van der Waals surface area contributed by atoms with Crippen LogP contribution in [0.5, 0.6) is 0 Å². The van der Waals surface area contributed by atoms with Crippen molar-refractivity contribution in [1.29, 1.82) is 0 Å². The fourth-order valence-electron chi connectivity index (χ4n) is 2.96. The second-order valence-corrected chi connectivity index (χ2v) is 7.45. The van der Waals surface area contributed by atoms with Crippen LogP contribution in [0.4, 0.5) is 16.2 Å². The zero-order valence-corrected chi connectivity index (χ0v) is 14.9. The van der Waals surface area contributed by atoms with Crippen LogP contribution in [0.3, 0.4) is 0 Å². The van der Waals surface area contributed by atoms with E-state index >= 15 is 0 Å². The first-order valence-electron chi connectivity index (χ1n) is 8.22. The lowest BCUT2D eigenvalue weighted by Gasteiger charge is -2.33. The number of anilines is 2.